The molecule has 0 bridgehead atoms. The molecular formula is C14H15BrN2O2. The van der Waals surface area contributed by atoms with Crippen LogP contribution in [0, 0.1) is 6.92 Å². The normalized spacial score (nSPS) is 10.7. The summed E-state index contributed by atoms with van der Waals surface area (Å²) < 4.78 is 2.77. The summed E-state index contributed by atoms with van der Waals surface area (Å²) in [5.74, 6) is -0.793. The highest BCUT2D eigenvalue weighted by Gasteiger charge is 2.16. The molecule has 0 spiro atoms. The van der Waals surface area contributed by atoms with Crippen LogP contribution in [-0.4, -0.2) is 20.9 Å². The van der Waals surface area contributed by atoms with Crippen molar-refractivity contribution < 1.29 is 9.90 Å². The molecule has 0 aliphatic heterocycles. The minimum atomic E-state index is -0.793. The first-order chi connectivity index (χ1) is 8.99. The number of benzene rings is 1. The number of nitrogens with zero attached hydrogens (tertiary/aromatic N) is 2. The number of carboxylic acids is 1. The number of hydrogen-bond acceptors (Lipinski definition) is 2. The molecule has 0 saturated carbocycles. The molecule has 2 rings (SSSR count). The Morgan fingerprint density at radius 3 is 2.84 bits per heavy atom. The van der Waals surface area contributed by atoms with Crippen molar-refractivity contribution in [3.63, 3.8) is 0 Å². The van der Waals surface area contributed by atoms with Gasteiger partial charge in [0.15, 0.2) is 0 Å². The molecule has 1 aromatic heterocycles. The van der Waals surface area contributed by atoms with Crippen molar-refractivity contribution in [3.8, 4) is 11.1 Å². The van der Waals surface area contributed by atoms with Crippen LogP contribution < -0.4 is 0 Å². The van der Waals surface area contributed by atoms with Gasteiger partial charge < -0.3 is 5.11 Å². The van der Waals surface area contributed by atoms with E-state index in [2.05, 4.69) is 21.0 Å². The van der Waals surface area contributed by atoms with Crippen LogP contribution in [0.5, 0.6) is 0 Å². The molecule has 0 atom stereocenters. The third-order valence-electron chi connectivity index (χ3n) is 3.03. The first-order valence-electron chi connectivity index (χ1n) is 5.99. The molecule has 5 heteroatoms. The second kappa shape index (κ2) is 5.57. The minimum Gasteiger partial charge on any atom is -0.481 e. The van der Waals surface area contributed by atoms with Crippen LogP contribution in [0.1, 0.15) is 17.8 Å². The molecule has 0 aliphatic carbocycles. The van der Waals surface area contributed by atoms with E-state index >= 15 is 0 Å². The average molecular weight is 323 g/mol. The second-order valence-electron chi connectivity index (χ2n) is 4.43. The van der Waals surface area contributed by atoms with E-state index in [1.807, 2.05) is 38.2 Å². The Labute approximate surface area is 120 Å². The lowest BCUT2D eigenvalue weighted by molar-refractivity contribution is -0.136. The third kappa shape index (κ3) is 3.04. The van der Waals surface area contributed by atoms with Crippen LogP contribution >= 0.6 is 15.9 Å². The first kappa shape index (κ1) is 13.8. The molecule has 0 aliphatic rings. The Balaban J connectivity index is 2.47. The van der Waals surface area contributed by atoms with E-state index in [-0.39, 0.29) is 6.42 Å². The van der Waals surface area contributed by atoms with Gasteiger partial charge in [-0.1, -0.05) is 28.1 Å². The molecular weight excluding hydrogens is 308 g/mol. The highest BCUT2D eigenvalue weighted by Crippen LogP contribution is 2.29. The van der Waals surface area contributed by atoms with Gasteiger partial charge in [-0.05, 0) is 24.6 Å². The van der Waals surface area contributed by atoms with Gasteiger partial charge in [-0.15, -0.1) is 0 Å². The number of aromatic nitrogens is 2. The second-order valence-corrected chi connectivity index (χ2v) is 5.35. The van der Waals surface area contributed by atoms with Gasteiger partial charge in [0.1, 0.15) is 0 Å². The number of hydrogen-bond donors (Lipinski definition) is 1. The Kier molecular flexibility index (Phi) is 4.04. The first-order valence-corrected chi connectivity index (χ1v) is 6.78. The van der Waals surface area contributed by atoms with Gasteiger partial charge in [0, 0.05) is 29.2 Å². The van der Waals surface area contributed by atoms with Gasteiger partial charge in [0.2, 0.25) is 0 Å². The monoisotopic (exact) mass is 322 g/mol. The van der Waals surface area contributed by atoms with Crippen molar-refractivity contribution in [3.05, 3.63) is 40.1 Å². The van der Waals surface area contributed by atoms with Gasteiger partial charge >= 0.3 is 5.97 Å². The molecule has 100 valence electrons. The maximum absolute atomic E-state index is 10.8. The molecule has 0 saturated heterocycles. The number of aryl methyl sites for hydroxylation is 2. The van der Waals surface area contributed by atoms with Gasteiger partial charge in [-0.3, -0.25) is 9.48 Å². The summed E-state index contributed by atoms with van der Waals surface area (Å²) >= 11 is 3.46. The Morgan fingerprint density at radius 2 is 2.21 bits per heavy atom. The van der Waals surface area contributed by atoms with E-state index in [0.29, 0.717) is 6.42 Å². The molecule has 19 heavy (non-hydrogen) atoms. The van der Waals surface area contributed by atoms with Crippen molar-refractivity contribution in [1.82, 2.24) is 9.78 Å². The van der Waals surface area contributed by atoms with Crippen LogP contribution in [0.3, 0.4) is 0 Å². The molecule has 1 N–H and O–H groups in total. The molecule has 1 heterocycles. The fraction of sp³-hybridized carbons (Fsp3) is 0.286. The lowest BCUT2D eigenvalue weighted by atomic mass is 10.0. The van der Waals surface area contributed by atoms with Crippen molar-refractivity contribution in [2.75, 3.05) is 0 Å². The van der Waals surface area contributed by atoms with E-state index in [1.54, 1.807) is 4.68 Å². The highest BCUT2D eigenvalue weighted by molar-refractivity contribution is 9.10. The summed E-state index contributed by atoms with van der Waals surface area (Å²) in [4.78, 5) is 10.8. The predicted octanol–water partition coefficient (Wildman–Crippen LogP) is 3.18. The van der Waals surface area contributed by atoms with E-state index in [1.165, 1.54) is 0 Å². The fourth-order valence-corrected chi connectivity index (χ4v) is 2.64. The Bertz CT molecular complexity index is 620. The van der Waals surface area contributed by atoms with Crippen LogP contribution in [0.2, 0.25) is 0 Å². The fourth-order valence-electron chi connectivity index (χ4n) is 2.24. The van der Waals surface area contributed by atoms with E-state index in [4.69, 9.17) is 5.11 Å². The van der Waals surface area contributed by atoms with Crippen LogP contribution in [-0.2, 0) is 18.3 Å². The summed E-state index contributed by atoms with van der Waals surface area (Å²) in [6.07, 6.45) is 0.592. The van der Waals surface area contributed by atoms with Gasteiger partial charge in [0.25, 0.3) is 0 Å². The molecule has 0 amide bonds. The predicted molar refractivity (Wildman–Crippen MR) is 77.0 cm³/mol. The maximum Gasteiger partial charge on any atom is 0.303 e. The molecule has 2 aromatic rings. The van der Waals surface area contributed by atoms with E-state index in [9.17, 15) is 4.79 Å². The summed E-state index contributed by atoms with van der Waals surface area (Å²) in [5, 5.41) is 13.2. The van der Waals surface area contributed by atoms with Crippen molar-refractivity contribution in [2.24, 2.45) is 7.05 Å². The lowest BCUT2D eigenvalue weighted by Gasteiger charge is -2.06. The molecule has 4 nitrogen and oxygen atoms in total. The topological polar surface area (TPSA) is 55.1 Å². The standard InChI is InChI=1S/C14H15BrN2O2/c1-9-14(10-4-3-5-11(15)8-10)12(17(2)16-9)6-7-13(18)19/h3-5,8H,6-7H2,1-2H3,(H,18,19). The quantitative estimate of drug-likeness (QED) is 0.940. The van der Waals surface area contributed by atoms with E-state index in [0.717, 1.165) is 27.0 Å². The number of carbonyl (C=O) groups is 1. The SMILES string of the molecule is Cc1nn(C)c(CCC(=O)O)c1-c1cccc(Br)c1. The van der Waals surface area contributed by atoms with Gasteiger partial charge in [-0.25, -0.2) is 0 Å². The Hall–Kier alpha value is -1.62. The van der Waals surface area contributed by atoms with Crippen molar-refractivity contribution in [2.45, 2.75) is 19.8 Å². The summed E-state index contributed by atoms with van der Waals surface area (Å²) in [6.45, 7) is 1.94. The number of aliphatic carboxylic acids is 1. The van der Waals surface area contributed by atoms with Crippen LogP contribution in [0.4, 0.5) is 0 Å². The van der Waals surface area contributed by atoms with Gasteiger partial charge in [0.05, 0.1) is 12.1 Å². The molecule has 0 fully saturated rings. The average Bonchev–Trinajstić information content (AvgIpc) is 2.61. The zero-order chi connectivity index (χ0) is 14.0. The van der Waals surface area contributed by atoms with Gasteiger partial charge in [-0.2, -0.15) is 5.10 Å². The molecule has 0 unspecified atom stereocenters. The molecule has 0 radical (unpaired) electrons. The van der Waals surface area contributed by atoms with E-state index < -0.39 is 5.97 Å². The van der Waals surface area contributed by atoms with Crippen molar-refractivity contribution in [1.29, 1.82) is 0 Å². The largest absolute Gasteiger partial charge is 0.481 e. The molecule has 1 aromatic carbocycles. The number of halogens is 1. The maximum atomic E-state index is 10.8. The number of carboxylic acid groups (broad SMARTS) is 1. The zero-order valence-electron chi connectivity index (χ0n) is 10.9. The highest BCUT2D eigenvalue weighted by atomic mass is 79.9. The number of rotatable bonds is 4. The Morgan fingerprint density at radius 1 is 1.47 bits per heavy atom. The van der Waals surface area contributed by atoms with Crippen molar-refractivity contribution >= 4 is 21.9 Å². The zero-order valence-corrected chi connectivity index (χ0v) is 12.4. The summed E-state index contributed by atoms with van der Waals surface area (Å²) in [7, 11) is 1.85. The summed E-state index contributed by atoms with van der Waals surface area (Å²) in [6, 6.07) is 7.96. The van der Waals surface area contributed by atoms with Crippen LogP contribution in [0.25, 0.3) is 11.1 Å². The third-order valence-corrected chi connectivity index (χ3v) is 3.52. The van der Waals surface area contributed by atoms with Crippen LogP contribution in [0.15, 0.2) is 28.7 Å². The minimum absolute atomic E-state index is 0.111. The smallest absolute Gasteiger partial charge is 0.303 e. The summed E-state index contributed by atoms with van der Waals surface area (Å²) in [5.41, 5.74) is 3.96. The lowest BCUT2D eigenvalue weighted by Crippen LogP contribution is -2.04.